The maximum absolute atomic E-state index is 5.75. The zero-order valence-electron chi connectivity index (χ0n) is 11.5. The van der Waals surface area contributed by atoms with E-state index in [0.29, 0.717) is 12.5 Å². The zero-order valence-corrected chi connectivity index (χ0v) is 13.1. The van der Waals surface area contributed by atoms with Crippen LogP contribution in [0, 0.1) is 12.8 Å². The van der Waals surface area contributed by atoms with E-state index in [1.165, 1.54) is 5.56 Å². The van der Waals surface area contributed by atoms with Crippen LogP contribution in [-0.2, 0) is 13.1 Å². The van der Waals surface area contributed by atoms with Gasteiger partial charge in [-0.05, 0) is 24.5 Å². The van der Waals surface area contributed by atoms with Crippen molar-refractivity contribution in [2.45, 2.75) is 33.9 Å². The normalized spacial score (nSPS) is 11.3. The first-order chi connectivity index (χ1) is 9.04. The van der Waals surface area contributed by atoms with Gasteiger partial charge in [0.25, 0.3) is 0 Å². The summed E-state index contributed by atoms with van der Waals surface area (Å²) in [6.07, 6.45) is 0. The third-order valence-corrected chi connectivity index (χ3v) is 3.93. The highest BCUT2D eigenvalue weighted by molar-refractivity contribution is 9.10. The highest BCUT2D eigenvalue weighted by Gasteiger charge is 2.16. The van der Waals surface area contributed by atoms with E-state index in [1.54, 1.807) is 0 Å². The minimum Gasteiger partial charge on any atom is -0.324 e. The van der Waals surface area contributed by atoms with Gasteiger partial charge in [-0.15, -0.1) is 10.2 Å². The molecule has 2 aromatic rings. The van der Waals surface area contributed by atoms with Crippen LogP contribution < -0.4 is 5.73 Å². The molecule has 0 bridgehead atoms. The largest absolute Gasteiger partial charge is 0.324 e. The Bertz CT molecular complexity index is 575. The molecule has 0 aliphatic heterocycles. The first-order valence-corrected chi connectivity index (χ1v) is 7.21. The van der Waals surface area contributed by atoms with Crippen molar-refractivity contribution >= 4 is 15.9 Å². The summed E-state index contributed by atoms with van der Waals surface area (Å²) >= 11 is 3.56. The first-order valence-electron chi connectivity index (χ1n) is 6.42. The number of nitrogens with two attached hydrogens (primary N) is 1. The van der Waals surface area contributed by atoms with Gasteiger partial charge in [0.05, 0.1) is 6.54 Å². The Labute approximate surface area is 122 Å². The molecule has 102 valence electrons. The van der Waals surface area contributed by atoms with E-state index in [0.717, 1.165) is 28.2 Å². The zero-order chi connectivity index (χ0) is 14.0. The second-order valence-corrected chi connectivity index (χ2v) is 5.92. The summed E-state index contributed by atoms with van der Waals surface area (Å²) in [4.78, 5) is 0. The van der Waals surface area contributed by atoms with Gasteiger partial charge in [-0.2, -0.15) is 0 Å². The van der Waals surface area contributed by atoms with Crippen molar-refractivity contribution in [1.29, 1.82) is 0 Å². The Hall–Kier alpha value is -1.20. The van der Waals surface area contributed by atoms with Gasteiger partial charge < -0.3 is 10.3 Å². The summed E-state index contributed by atoms with van der Waals surface area (Å²) < 4.78 is 3.21. The highest BCUT2D eigenvalue weighted by Crippen LogP contribution is 2.28. The van der Waals surface area contributed by atoms with Crippen LogP contribution in [0.4, 0.5) is 0 Å². The number of benzene rings is 1. The van der Waals surface area contributed by atoms with Crippen molar-refractivity contribution in [3.63, 3.8) is 0 Å². The quantitative estimate of drug-likeness (QED) is 0.940. The molecule has 2 N–H and O–H groups in total. The third-order valence-electron chi connectivity index (χ3n) is 3.07. The van der Waals surface area contributed by atoms with E-state index in [9.17, 15) is 0 Å². The monoisotopic (exact) mass is 322 g/mol. The van der Waals surface area contributed by atoms with E-state index in [4.69, 9.17) is 5.73 Å². The van der Waals surface area contributed by atoms with Crippen LogP contribution in [0.25, 0.3) is 11.4 Å². The average molecular weight is 323 g/mol. The Balaban J connectivity index is 2.55. The Morgan fingerprint density at radius 3 is 2.68 bits per heavy atom. The maximum Gasteiger partial charge on any atom is 0.164 e. The number of hydrogen-bond donors (Lipinski definition) is 1. The van der Waals surface area contributed by atoms with E-state index in [2.05, 4.69) is 57.5 Å². The molecule has 5 heteroatoms. The highest BCUT2D eigenvalue weighted by atomic mass is 79.9. The number of rotatable bonds is 4. The van der Waals surface area contributed by atoms with Gasteiger partial charge in [0, 0.05) is 16.6 Å². The number of aromatic nitrogens is 3. The van der Waals surface area contributed by atoms with Crippen molar-refractivity contribution in [3.05, 3.63) is 34.1 Å². The van der Waals surface area contributed by atoms with Crippen LogP contribution in [0.3, 0.4) is 0 Å². The van der Waals surface area contributed by atoms with Crippen molar-refractivity contribution in [1.82, 2.24) is 14.8 Å². The molecular formula is C14H19BrN4. The summed E-state index contributed by atoms with van der Waals surface area (Å²) in [5.74, 6) is 2.25. The third kappa shape index (κ3) is 2.87. The molecule has 2 rings (SSSR count). The van der Waals surface area contributed by atoms with Gasteiger partial charge in [-0.3, -0.25) is 0 Å². The average Bonchev–Trinajstić information content (AvgIpc) is 2.75. The lowest BCUT2D eigenvalue weighted by atomic mass is 10.1. The van der Waals surface area contributed by atoms with Crippen LogP contribution in [0.15, 0.2) is 22.7 Å². The van der Waals surface area contributed by atoms with Gasteiger partial charge in [-0.1, -0.05) is 41.9 Å². The van der Waals surface area contributed by atoms with Gasteiger partial charge in [-0.25, -0.2) is 0 Å². The van der Waals surface area contributed by atoms with Gasteiger partial charge in [0.2, 0.25) is 0 Å². The Morgan fingerprint density at radius 2 is 2.05 bits per heavy atom. The molecule has 0 unspecified atom stereocenters. The van der Waals surface area contributed by atoms with Crippen LogP contribution >= 0.6 is 15.9 Å². The summed E-state index contributed by atoms with van der Waals surface area (Å²) in [5, 5.41) is 8.53. The van der Waals surface area contributed by atoms with Crippen LogP contribution in [0.5, 0.6) is 0 Å². The van der Waals surface area contributed by atoms with Crippen molar-refractivity contribution < 1.29 is 0 Å². The van der Waals surface area contributed by atoms with E-state index >= 15 is 0 Å². The van der Waals surface area contributed by atoms with Gasteiger partial charge in [0.1, 0.15) is 5.82 Å². The molecule has 1 aromatic heterocycles. The second kappa shape index (κ2) is 5.84. The molecule has 0 aliphatic rings. The van der Waals surface area contributed by atoms with Crippen LogP contribution in [0.2, 0.25) is 0 Å². The summed E-state index contributed by atoms with van der Waals surface area (Å²) in [6, 6.07) is 6.12. The van der Waals surface area contributed by atoms with Crippen molar-refractivity contribution in [2.24, 2.45) is 11.7 Å². The minimum absolute atomic E-state index is 0.409. The summed E-state index contributed by atoms with van der Waals surface area (Å²) in [6.45, 7) is 7.72. The lowest BCUT2D eigenvalue weighted by molar-refractivity contribution is 0.510. The fraction of sp³-hybridized carbons (Fsp3) is 0.429. The number of halogens is 1. The predicted molar refractivity (Wildman–Crippen MR) is 80.6 cm³/mol. The molecular weight excluding hydrogens is 304 g/mol. The molecule has 0 amide bonds. The number of nitrogens with zero attached hydrogens (tertiary/aromatic N) is 3. The summed E-state index contributed by atoms with van der Waals surface area (Å²) in [5.41, 5.74) is 8.02. The molecule has 0 radical (unpaired) electrons. The maximum atomic E-state index is 5.75. The van der Waals surface area contributed by atoms with E-state index in [-0.39, 0.29) is 0 Å². The number of hydrogen-bond acceptors (Lipinski definition) is 3. The lowest BCUT2D eigenvalue weighted by Crippen LogP contribution is -2.13. The minimum atomic E-state index is 0.409. The summed E-state index contributed by atoms with van der Waals surface area (Å²) in [7, 11) is 0. The molecule has 0 saturated carbocycles. The van der Waals surface area contributed by atoms with Crippen LogP contribution in [-0.4, -0.2) is 14.8 Å². The molecule has 1 aromatic carbocycles. The van der Waals surface area contributed by atoms with Gasteiger partial charge >= 0.3 is 0 Å². The molecule has 0 aliphatic carbocycles. The molecule has 4 nitrogen and oxygen atoms in total. The van der Waals surface area contributed by atoms with Gasteiger partial charge in [0.15, 0.2) is 5.82 Å². The van der Waals surface area contributed by atoms with E-state index < -0.39 is 0 Å². The van der Waals surface area contributed by atoms with Crippen molar-refractivity contribution in [2.75, 3.05) is 0 Å². The Morgan fingerprint density at radius 1 is 1.32 bits per heavy atom. The second-order valence-electron chi connectivity index (χ2n) is 5.06. The molecule has 0 saturated heterocycles. The fourth-order valence-electron chi connectivity index (χ4n) is 2.09. The molecule has 0 atom stereocenters. The SMILES string of the molecule is Cc1c(Br)cccc1-c1nnc(CN)n1CC(C)C. The molecule has 0 fully saturated rings. The van der Waals surface area contributed by atoms with Crippen LogP contribution in [0.1, 0.15) is 25.2 Å². The standard InChI is InChI=1S/C14H19BrN4/c1-9(2)8-19-13(7-16)17-18-14(19)11-5-4-6-12(15)10(11)3/h4-6,9H,7-8,16H2,1-3H3. The molecule has 0 spiro atoms. The smallest absolute Gasteiger partial charge is 0.164 e. The predicted octanol–water partition coefficient (Wildman–Crippen LogP) is 3.13. The Kier molecular flexibility index (Phi) is 4.37. The fourth-order valence-corrected chi connectivity index (χ4v) is 2.46. The molecule has 1 heterocycles. The van der Waals surface area contributed by atoms with E-state index in [1.807, 2.05) is 12.1 Å². The molecule has 19 heavy (non-hydrogen) atoms. The van der Waals surface area contributed by atoms with Crippen molar-refractivity contribution in [3.8, 4) is 11.4 Å². The first kappa shape index (κ1) is 14.2. The lowest BCUT2D eigenvalue weighted by Gasteiger charge is -2.13. The topological polar surface area (TPSA) is 56.7 Å².